The molecule has 2 aromatic carbocycles. The van der Waals surface area contributed by atoms with Crippen LogP contribution in [0.2, 0.25) is 0 Å². The molecule has 0 amide bonds. The van der Waals surface area contributed by atoms with Gasteiger partial charge in [-0.2, -0.15) is 0 Å². The van der Waals surface area contributed by atoms with E-state index in [-0.39, 0.29) is 16.8 Å². The van der Waals surface area contributed by atoms with Crippen LogP contribution in [0.1, 0.15) is 80.1 Å². The van der Waals surface area contributed by atoms with E-state index in [1.807, 2.05) is 24.3 Å². The average Bonchev–Trinajstić information content (AvgIpc) is 2.66. The van der Waals surface area contributed by atoms with E-state index in [4.69, 9.17) is 4.74 Å². The fraction of sp³-hybridized carbons (Fsp3) is 0.400. The summed E-state index contributed by atoms with van der Waals surface area (Å²) in [6.07, 6.45) is 4.57. The summed E-state index contributed by atoms with van der Waals surface area (Å²) in [7, 11) is 1.41. The normalized spacial score (nSPS) is 17.9. The van der Waals surface area contributed by atoms with Crippen LogP contribution in [0.25, 0.3) is 5.57 Å². The summed E-state index contributed by atoms with van der Waals surface area (Å²) < 4.78 is 4.80. The van der Waals surface area contributed by atoms with Crippen molar-refractivity contribution >= 4 is 11.5 Å². The molecule has 0 aromatic heterocycles. The fourth-order valence-electron chi connectivity index (χ4n) is 4.16. The fourth-order valence-corrected chi connectivity index (χ4v) is 4.16. The summed E-state index contributed by atoms with van der Waals surface area (Å²) in [5, 5.41) is 0. The molecule has 0 fully saturated rings. The number of allylic oxidation sites excluding steroid dienone is 1. The molecule has 1 aliphatic carbocycles. The molecule has 2 aromatic rings. The molecule has 0 saturated carbocycles. The Labute approximate surface area is 163 Å². The van der Waals surface area contributed by atoms with Crippen LogP contribution < -0.4 is 0 Å². The Balaban J connectivity index is 2.04. The van der Waals surface area contributed by atoms with E-state index in [0.29, 0.717) is 5.56 Å². The number of benzene rings is 2. The quantitative estimate of drug-likeness (QED) is 0.601. The zero-order chi connectivity index (χ0) is 19.8. The van der Waals surface area contributed by atoms with Crippen LogP contribution in [0.4, 0.5) is 0 Å². The van der Waals surface area contributed by atoms with Gasteiger partial charge >= 0.3 is 5.97 Å². The van der Waals surface area contributed by atoms with Gasteiger partial charge in [-0.15, -0.1) is 0 Å². The van der Waals surface area contributed by atoms with Crippen LogP contribution in [0.5, 0.6) is 0 Å². The van der Waals surface area contributed by atoms with Gasteiger partial charge < -0.3 is 4.74 Å². The van der Waals surface area contributed by atoms with Crippen LogP contribution in [0, 0.1) is 0 Å². The third-order valence-corrected chi connectivity index (χ3v) is 6.07. The molecule has 3 rings (SSSR count). The second-order valence-electron chi connectivity index (χ2n) is 8.80. The lowest BCUT2D eigenvalue weighted by Gasteiger charge is -2.42. The first kappa shape index (κ1) is 19.4. The van der Waals surface area contributed by atoms with E-state index in [1.54, 1.807) is 0 Å². The predicted octanol–water partition coefficient (Wildman–Crippen LogP) is 6.27. The first-order valence-corrected chi connectivity index (χ1v) is 9.70. The topological polar surface area (TPSA) is 26.3 Å². The number of rotatable bonds is 3. The van der Waals surface area contributed by atoms with Crippen molar-refractivity contribution in [1.29, 1.82) is 0 Å². The van der Waals surface area contributed by atoms with Crippen LogP contribution in [0.15, 0.2) is 48.5 Å². The van der Waals surface area contributed by atoms with Gasteiger partial charge in [0.25, 0.3) is 0 Å². The highest BCUT2D eigenvalue weighted by Crippen LogP contribution is 2.46. The molecule has 1 aliphatic rings. The van der Waals surface area contributed by atoms with Gasteiger partial charge in [0, 0.05) is 0 Å². The second-order valence-corrected chi connectivity index (χ2v) is 8.80. The summed E-state index contributed by atoms with van der Waals surface area (Å²) in [6, 6.07) is 14.6. The number of fused-ring (bicyclic) bond motifs is 1. The van der Waals surface area contributed by atoms with Crippen LogP contribution in [-0.4, -0.2) is 13.1 Å². The number of methoxy groups -OCH3 is 1. The predicted molar refractivity (Wildman–Crippen MR) is 112 cm³/mol. The molecule has 0 saturated heterocycles. The van der Waals surface area contributed by atoms with Crippen molar-refractivity contribution in [1.82, 2.24) is 0 Å². The van der Waals surface area contributed by atoms with Gasteiger partial charge in [0.1, 0.15) is 0 Å². The van der Waals surface area contributed by atoms with Gasteiger partial charge in [-0.3, -0.25) is 0 Å². The number of carbonyl (C=O) groups is 1. The number of esters is 1. The molecular weight excluding hydrogens is 332 g/mol. The molecule has 142 valence electrons. The Morgan fingerprint density at radius 2 is 1.37 bits per heavy atom. The number of carbonyl (C=O) groups excluding carboxylic acids is 1. The number of ether oxygens (including phenoxy) is 1. The van der Waals surface area contributed by atoms with Crippen molar-refractivity contribution in [2.75, 3.05) is 7.11 Å². The van der Waals surface area contributed by atoms with Crippen LogP contribution >= 0.6 is 0 Å². The molecular formula is C25H30O2. The van der Waals surface area contributed by atoms with Crippen molar-refractivity contribution in [3.05, 3.63) is 76.4 Å². The zero-order valence-corrected chi connectivity index (χ0v) is 17.3. The highest BCUT2D eigenvalue weighted by molar-refractivity contribution is 5.90. The molecule has 0 bridgehead atoms. The lowest BCUT2D eigenvalue weighted by molar-refractivity contribution is 0.0600. The zero-order valence-electron chi connectivity index (χ0n) is 17.3. The molecule has 2 heteroatoms. The molecule has 0 radical (unpaired) electrons. The summed E-state index contributed by atoms with van der Waals surface area (Å²) in [6.45, 7) is 11.5. The first-order valence-electron chi connectivity index (χ1n) is 9.70. The highest BCUT2D eigenvalue weighted by Gasteiger charge is 2.37. The summed E-state index contributed by atoms with van der Waals surface area (Å²) >= 11 is 0. The summed E-state index contributed by atoms with van der Waals surface area (Å²) in [5.41, 5.74) is 7.45. The molecule has 0 N–H and O–H groups in total. The Bertz CT molecular complexity index is 883. The largest absolute Gasteiger partial charge is 0.465 e. The van der Waals surface area contributed by atoms with E-state index in [2.05, 4.69) is 58.9 Å². The van der Waals surface area contributed by atoms with E-state index in [9.17, 15) is 4.79 Å². The Kier molecular flexibility index (Phi) is 5.03. The van der Waals surface area contributed by atoms with Crippen LogP contribution in [-0.2, 0) is 15.6 Å². The molecule has 0 unspecified atom stereocenters. The van der Waals surface area contributed by atoms with Gasteiger partial charge in [-0.1, -0.05) is 64.1 Å². The highest BCUT2D eigenvalue weighted by atomic mass is 16.5. The SMILES string of the molecule is C/C=C(/c1ccc(C(=O)OC)cc1)c1ccc2c(c1)C(C)(C)CCC2(C)C. The Morgan fingerprint density at radius 3 is 1.93 bits per heavy atom. The standard InChI is InChI=1S/C25H30O2/c1-7-20(17-8-10-18(11-9-17)23(26)27-6)19-12-13-21-22(16-19)25(4,5)15-14-24(21,2)3/h7-13,16H,14-15H2,1-6H3/b20-7-. The van der Waals surface area contributed by atoms with Gasteiger partial charge in [-0.25, -0.2) is 4.79 Å². The maximum atomic E-state index is 11.7. The van der Waals surface area contributed by atoms with Gasteiger partial charge in [0.15, 0.2) is 0 Å². The Hall–Kier alpha value is -2.35. The molecule has 0 atom stereocenters. The minimum atomic E-state index is -0.304. The average molecular weight is 363 g/mol. The van der Waals surface area contributed by atoms with Crippen molar-refractivity contribution < 1.29 is 9.53 Å². The van der Waals surface area contributed by atoms with Crippen molar-refractivity contribution in [3.8, 4) is 0 Å². The minimum Gasteiger partial charge on any atom is -0.465 e. The smallest absolute Gasteiger partial charge is 0.337 e. The maximum absolute atomic E-state index is 11.7. The third-order valence-electron chi connectivity index (χ3n) is 6.07. The van der Waals surface area contributed by atoms with E-state index >= 15 is 0 Å². The van der Waals surface area contributed by atoms with E-state index in [0.717, 1.165) is 5.56 Å². The molecule has 0 aliphatic heterocycles. The van der Waals surface area contributed by atoms with Crippen molar-refractivity contribution in [2.24, 2.45) is 0 Å². The van der Waals surface area contributed by atoms with Crippen molar-refractivity contribution in [2.45, 2.75) is 58.3 Å². The lowest BCUT2D eigenvalue weighted by Crippen LogP contribution is -2.33. The molecule has 27 heavy (non-hydrogen) atoms. The monoisotopic (exact) mass is 362 g/mol. The summed E-state index contributed by atoms with van der Waals surface area (Å²) in [4.78, 5) is 11.7. The second kappa shape index (κ2) is 6.99. The number of hydrogen-bond donors (Lipinski definition) is 0. The van der Waals surface area contributed by atoms with Gasteiger partial charge in [-0.05, 0) is 70.6 Å². The summed E-state index contributed by atoms with van der Waals surface area (Å²) in [5.74, 6) is -0.304. The molecule has 2 nitrogen and oxygen atoms in total. The Morgan fingerprint density at radius 1 is 0.852 bits per heavy atom. The van der Waals surface area contributed by atoms with Crippen LogP contribution in [0.3, 0.4) is 0 Å². The lowest BCUT2D eigenvalue weighted by atomic mass is 9.63. The van der Waals surface area contributed by atoms with E-state index in [1.165, 1.54) is 42.2 Å². The molecule has 0 heterocycles. The van der Waals surface area contributed by atoms with E-state index < -0.39 is 0 Å². The number of hydrogen-bond acceptors (Lipinski definition) is 2. The maximum Gasteiger partial charge on any atom is 0.337 e. The van der Waals surface area contributed by atoms with Crippen molar-refractivity contribution in [3.63, 3.8) is 0 Å². The van der Waals surface area contributed by atoms with Gasteiger partial charge in [0.05, 0.1) is 12.7 Å². The molecule has 0 spiro atoms. The minimum absolute atomic E-state index is 0.189. The van der Waals surface area contributed by atoms with Gasteiger partial charge in [0.2, 0.25) is 0 Å². The first-order chi connectivity index (χ1) is 12.7. The third kappa shape index (κ3) is 3.58.